The lowest BCUT2D eigenvalue weighted by Crippen LogP contribution is -2.60. The number of nitrogens with one attached hydrogen (secondary N) is 1. The van der Waals surface area contributed by atoms with Gasteiger partial charge in [0.25, 0.3) is 0 Å². The van der Waals surface area contributed by atoms with Gasteiger partial charge in [-0.15, -0.1) is 0 Å². The molecule has 1 aromatic rings. The van der Waals surface area contributed by atoms with Crippen molar-refractivity contribution in [2.45, 2.75) is 51.2 Å². The smallest absolute Gasteiger partial charge is 0.408 e. The number of aliphatic carboxylic acids is 1. The van der Waals surface area contributed by atoms with Gasteiger partial charge in [-0.1, -0.05) is 56.5 Å². The number of ether oxygens (including phenoxy) is 1. The molecule has 1 fully saturated rings. The van der Waals surface area contributed by atoms with Gasteiger partial charge >= 0.3 is 12.1 Å². The first-order valence-corrected chi connectivity index (χ1v) is 7.80. The van der Waals surface area contributed by atoms with Crippen LogP contribution in [0.4, 0.5) is 4.79 Å². The number of benzene rings is 1. The highest BCUT2D eigenvalue weighted by molar-refractivity contribution is 5.85. The fourth-order valence-electron chi connectivity index (χ4n) is 3.24. The molecular formula is C17H23NO4. The zero-order valence-electron chi connectivity index (χ0n) is 12.9. The van der Waals surface area contributed by atoms with Gasteiger partial charge < -0.3 is 15.2 Å². The molecule has 0 aliphatic heterocycles. The molecule has 1 aliphatic carbocycles. The third-order valence-electron chi connectivity index (χ3n) is 4.48. The highest BCUT2D eigenvalue weighted by Gasteiger charge is 2.48. The maximum absolute atomic E-state index is 12.1. The second-order valence-electron chi connectivity index (χ2n) is 5.81. The number of alkyl carbamates (subject to hydrolysis) is 1. The first-order valence-electron chi connectivity index (χ1n) is 7.80. The minimum absolute atomic E-state index is 0.0528. The summed E-state index contributed by atoms with van der Waals surface area (Å²) in [7, 11) is 0. The molecule has 0 bridgehead atoms. The summed E-state index contributed by atoms with van der Waals surface area (Å²) in [5.74, 6) is -1.02. The minimum Gasteiger partial charge on any atom is -0.479 e. The standard InChI is InChI=1S/C17H23NO4/c1-2-14-10-6-7-11-17(14,15(19)20)18-16(21)22-12-13-8-4-3-5-9-13/h3-5,8-9,14H,2,6-7,10-12H2,1H3,(H,18,21)(H,19,20)/t14-,17-/m1/s1. The Bertz CT molecular complexity index is 517. The predicted octanol–water partition coefficient (Wildman–Crippen LogP) is 3.34. The van der Waals surface area contributed by atoms with E-state index in [1.807, 2.05) is 37.3 Å². The van der Waals surface area contributed by atoms with Gasteiger partial charge in [0, 0.05) is 0 Å². The Balaban J connectivity index is 2.01. The van der Waals surface area contributed by atoms with E-state index in [0.717, 1.165) is 31.2 Å². The van der Waals surface area contributed by atoms with Crippen molar-refractivity contribution < 1.29 is 19.4 Å². The minimum atomic E-state index is -1.19. The van der Waals surface area contributed by atoms with E-state index < -0.39 is 17.6 Å². The van der Waals surface area contributed by atoms with Crippen LogP contribution in [0.15, 0.2) is 30.3 Å². The Labute approximate surface area is 130 Å². The average molecular weight is 305 g/mol. The molecule has 0 saturated heterocycles. The summed E-state index contributed by atoms with van der Waals surface area (Å²) in [6.07, 6.45) is 3.16. The molecule has 1 aliphatic rings. The second kappa shape index (κ2) is 7.29. The molecule has 2 atom stereocenters. The normalized spacial score (nSPS) is 24.5. The van der Waals surface area contributed by atoms with Crippen LogP contribution in [0.25, 0.3) is 0 Å². The summed E-state index contributed by atoms with van der Waals surface area (Å²) in [6.45, 7) is 2.10. The summed E-state index contributed by atoms with van der Waals surface area (Å²) >= 11 is 0. The zero-order valence-corrected chi connectivity index (χ0v) is 12.9. The molecule has 2 N–H and O–H groups in total. The van der Waals surface area contributed by atoms with Crippen LogP contribution < -0.4 is 5.32 Å². The highest BCUT2D eigenvalue weighted by atomic mass is 16.5. The number of rotatable bonds is 5. The van der Waals surface area contributed by atoms with Gasteiger partial charge in [0.15, 0.2) is 0 Å². The van der Waals surface area contributed by atoms with Gasteiger partial charge in [0.2, 0.25) is 0 Å². The Hall–Kier alpha value is -2.04. The molecule has 0 aromatic heterocycles. The first kappa shape index (κ1) is 16.3. The van der Waals surface area contributed by atoms with Crippen molar-refractivity contribution in [3.8, 4) is 0 Å². The van der Waals surface area contributed by atoms with Gasteiger partial charge in [-0.05, 0) is 24.3 Å². The zero-order chi connectivity index (χ0) is 16.0. The lowest BCUT2D eigenvalue weighted by Gasteiger charge is -2.40. The van der Waals surface area contributed by atoms with Gasteiger partial charge in [0.1, 0.15) is 12.1 Å². The summed E-state index contributed by atoms with van der Waals surface area (Å²) in [6, 6.07) is 9.33. The summed E-state index contributed by atoms with van der Waals surface area (Å²) < 4.78 is 5.19. The Morgan fingerprint density at radius 2 is 2.05 bits per heavy atom. The van der Waals surface area contributed by atoms with E-state index in [1.165, 1.54) is 0 Å². The fourth-order valence-corrected chi connectivity index (χ4v) is 3.24. The molecule has 2 rings (SSSR count). The van der Waals surface area contributed by atoms with E-state index in [2.05, 4.69) is 5.32 Å². The molecule has 0 unspecified atom stereocenters. The number of carbonyl (C=O) groups excluding carboxylic acids is 1. The summed E-state index contributed by atoms with van der Waals surface area (Å²) in [5.41, 5.74) is -0.321. The van der Waals surface area contributed by atoms with E-state index in [1.54, 1.807) is 0 Å². The molecular weight excluding hydrogens is 282 g/mol. The maximum Gasteiger partial charge on any atom is 0.408 e. The van der Waals surface area contributed by atoms with Gasteiger partial charge in [-0.3, -0.25) is 0 Å². The van der Waals surface area contributed by atoms with Crippen LogP contribution in [0.1, 0.15) is 44.6 Å². The maximum atomic E-state index is 12.1. The number of carbonyl (C=O) groups is 2. The Kier molecular flexibility index (Phi) is 5.41. The SMILES string of the molecule is CC[C@@H]1CCCC[C@]1(NC(=O)OCc1ccccc1)C(=O)O. The van der Waals surface area contributed by atoms with Gasteiger partial charge in [-0.2, -0.15) is 0 Å². The van der Waals surface area contributed by atoms with Crippen molar-refractivity contribution >= 4 is 12.1 Å². The largest absolute Gasteiger partial charge is 0.479 e. The number of hydrogen-bond acceptors (Lipinski definition) is 3. The number of amides is 1. The van der Waals surface area contributed by atoms with Crippen LogP contribution in [0, 0.1) is 5.92 Å². The Morgan fingerprint density at radius 3 is 2.68 bits per heavy atom. The Morgan fingerprint density at radius 1 is 1.32 bits per heavy atom. The van der Waals surface area contributed by atoms with Crippen LogP contribution in [0.3, 0.4) is 0 Å². The fraction of sp³-hybridized carbons (Fsp3) is 0.529. The predicted molar refractivity (Wildman–Crippen MR) is 82.4 cm³/mol. The molecule has 120 valence electrons. The molecule has 0 heterocycles. The van der Waals surface area contributed by atoms with Crippen molar-refractivity contribution in [3.05, 3.63) is 35.9 Å². The molecule has 1 amide bonds. The van der Waals surface area contributed by atoms with Crippen molar-refractivity contribution in [2.24, 2.45) is 5.92 Å². The second-order valence-corrected chi connectivity index (χ2v) is 5.81. The van der Waals surface area contributed by atoms with Crippen LogP contribution >= 0.6 is 0 Å². The summed E-state index contributed by atoms with van der Waals surface area (Å²) in [4.78, 5) is 23.8. The van der Waals surface area contributed by atoms with Crippen molar-refractivity contribution in [1.82, 2.24) is 5.32 Å². The average Bonchev–Trinajstić information content (AvgIpc) is 2.54. The monoisotopic (exact) mass is 305 g/mol. The molecule has 5 nitrogen and oxygen atoms in total. The van der Waals surface area contributed by atoms with Crippen LogP contribution in [0.2, 0.25) is 0 Å². The van der Waals surface area contributed by atoms with Crippen LogP contribution in [-0.4, -0.2) is 22.7 Å². The van der Waals surface area contributed by atoms with Crippen molar-refractivity contribution in [3.63, 3.8) is 0 Å². The third-order valence-corrected chi connectivity index (χ3v) is 4.48. The number of hydrogen-bond donors (Lipinski definition) is 2. The molecule has 0 spiro atoms. The van der Waals surface area contributed by atoms with Gasteiger partial charge in [0.05, 0.1) is 0 Å². The van der Waals surface area contributed by atoms with E-state index in [0.29, 0.717) is 6.42 Å². The molecule has 0 radical (unpaired) electrons. The van der Waals surface area contributed by atoms with Crippen molar-refractivity contribution in [2.75, 3.05) is 0 Å². The van der Waals surface area contributed by atoms with Gasteiger partial charge in [-0.25, -0.2) is 9.59 Å². The van der Waals surface area contributed by atoms with E-state index in [-0.39, 0.29) is 12.5 Å². The molecule has 5 heteroatoms. The highest BCUT2D eigenvalue weighted by Crippen LogP contribution is 2.36. The molecule has 1 aromatic carbocycles. The topological polar surface area (TPSA) is 75.6 Å². The first-order chi connectivity index (χ1) is 10.6. The van der Waals surface area contributed by atoms with E-state index >= 15 is 0 Å². The lowest BCUT2D eigenvalue weighted by atomic mass is 9.71. The number of carboxylic acid groups (broad SMARTS) is 1. The van der Waals surface area contributed by atoms with Crippen molar-refractivity contribution in [1.29, 1.82) is 0 Å². The number of carboxylic acids is 1. The molecule has 1 saturated carbocycles. The van der Waals surface area contributed by atoms with Crippen LogP contribution in [0.5, 0.6) is 0 Å². The quantitative estimate of drug-likeness (QED) is 0.875. The summed E-state index contributed by atoms with van der Waals surface area (Å²) in [5, 5.41) is 12.3. The third kappa shape index (κ3) is 3.59. The van der Waals surface area contributed by atoms with Crippen LogP contribution in [-0.2, 0) is 16.1 Å². The molecule has 22 heavy (non-hydrogen) atoms. The van der Waals surface area contributed by atoms with E-state index in [9.17, 15) is 14.7 Å². The lowest BCUT2D eigenvalue weighted by molar-refractivity contribution is -0.149. The van der Waals surface area contributed by atoms with E-state index in [4.69, 9.17) is 4.74 Å².